The predicted octanol–water partition coefficient (Wildman–Crippen LogP) is 8.71. The van der Waals surface area contributed by atoms with E-state index in [4.69, 9.17) is 36.2 Å². The lowest BCUT2D eigenvalue weighted by Crippen LogP contribution is -2.54. The number of anilines is 1. The summed E-state index contributed by atoms with van der Waals surface area (Å²) in [6.45, 7) is 21.4. The van der Waals surface area contributed by atoms with Gasteiger partial charge in [-0.15, -0.1) is 0 Å². The highest BCUT2D eigenvalue weighted by Gasteiger charge is 2.55. The molecule has 16 nitrogen and oxygen atoms in total. The van der Waals surface area contributed by atoms with E-state index in [1.54, 1.807) is 49.1 Å². The molecule has 1 N–H and O–H groups in total. The first kappa shape index (κ1) is 44.1. The molecule has 0 saturated carbocycles. The number of hydrogen-bond donors (Lipinski definition) is 1. The van der Waals surface area contributed by atoms with Crippen molar-refractivity contribution in [2.75, 3.05) is 24.9 Å². The van der Waals surface area contributed by atoms with Gasteiger partial charge in [-0.3, -0.25) is 42.2 Å². The van der Waals surface area contributed by atoms with Crippen LogP contribution >= 0.6 is 15.6 Å². The van der Waals surface area contributed by atoms with Gasteiger partial charge in [0.15, 0.2) is 22.9 Å². The van der Waals surface area contributed by atoms with Crippen LogP contribution in [0.25, 0.3) is 0 Å². The number of ether oxygens (including phenoxy) is 1. The van der Waals surface area contributed by atoms with E-state index in [9.17, 15) is 13.9 Å². The number of phosphoric ester groups is 1. The Morgan fingerprint density at radius 3 is 1.86 bits per heavy atom. The summed E-state index contributed by atoms with van der Waals surface area (Å²) in [4.78, 5) is 26.4. The largest absolute Gasteiger partial charge is 0.475 e. The van der Waals surface area contributed by atoms with E-state index in [-0.39, 0.29) is 35.7 Å². The average Bonchev–Trinajstić information content (AvgIpc) is 3.45. The molecule has 0 amide bonds. The molecule has 3 saturated heterocycles. The fourth-order valence-corrected chi connectivity index (χ4v) is 11.6. The second-order valence-electron chi connectivity index (χ2n) is 17.6. The minimum Gasteiger partial charge on any atom is -0.408 e. The third-order valence-electron chi connectivity index (χ3n) is 11.5. The summed E-state index contributed by atoms with van der Waals surface area (Å²) < 4.78 is 79.1. The van der Waals surface area contributed by atoms with Crippen molar-refractivity contribution < 1.29 is 45.3 Å². The lowest BCUT2D eigenvalue weighted by molar-refractivity contribution is -0.0592. The second kappa shape index (κ2) is 16.9. The van der Waals surface area contributed by atoms with Crippen LogP contribution < -0.4 is 10.8 Å². The van der Waals surface area contributed by atoms with Gasteiger partial charge >= 0.3 is 21.3 Å². The van der Waals surface area contributed by atoms with Gasteiger partial charge in [0.05, 0.1) is 32.0 Å². The molecule has 8 atom stereocenters. The van der Waals surface area contributed by atoms with Gasteiger partial charge in [0.1, 0.15) is 24.1 Å². The van der Waals surface area contributed by atoms with Gasteiger partial charge in [-0.1, -0.05) is 41.5 Å². The number of hydrogen-bond acceptors (Lipinski definition) is 14. The number of aromatic nitrogens is 4. The lowest BCUT2D eigenvalue weighted by atomic mass is 10.1. The Balaban J connectivity index is 1.30. The first-order valence-electron chi connectivity index (χ1n) is 19.3. The summed E-state index contributed by atoms with van der Waals surface area (Å²) in [6, 6.07) is 8.69. The van der Waals surface area contributed by atoms with E-state index < -0.39 is 74.6 Å². The molecule has 3 aliphatic heterocycles. The van der Waals surface area contributed by atoms with Crippen molar-refractivity contribution in [1.82, 2.24) is 19.5 Å². The predicted molar refractivity (Wildman–Crippen MR) is 219 cm³/mol. The smallest absolute Gasteiger partial charge is 0.408 e. The molecule has 3 fully saturated rings. The van der Waals surface area contributed by atoms with Crippen LogP contribution in [0.3, 0.4) is 0 Å². The monoisotopic (exact) mass is 865 g/mol. The number of nitrogens with zero attached hydrogens (tertiary/aromatic N) is 4. The molecule has 0 radical (unpaired) electrons. The molecule has 0 unspecified atom stereocenters. The molecular weight excluding hydrogens is 809 g/mol. The highest BCUT2D eigenvalue weighted by molar-refractivity contribution is 7.55. The summed E-state index contributed by atoms with van der Waals surface area (Å²) >= 11 is 0. The minimum atomic E-state index is -4.06. The molecule has 6 heterocycles. The van der Waals surface area contributed by atoms with Gasteiger partial charge in [0, 0.05) is 43.8 Å². The maximum Gasteiger partial charge on any atom is 0.475 e. The standard InChI is InChI=1S/C37H57N5O11P2Si2/c1-36(2,3)56(7,8)52-32-30(25-48-55(45)47-24-17-29(51-55)27-13-20-39-21-14-27)49-34(33(32)53-57(9,10)37(4,5)6)42-22-15-31(40-35(42)43)41-54(44)46-23-16-28(50-54)26-11-18-38-19-12-26/h11-15,18-22,28-30,32-34H,16-17,23-25H2,1-10H3,(H,40,41,43,44)/t28-,29-,30+,32+,33-,34+,54+,55+/m0/s1. The number of rotatable bonds is 12. The molecular formula is C37H57N5O11P2Si2. The molecule has 314 valence electrons. The molecule has 3 aliphatic rings. The summed E-state index contributed by atoms with van der Waals surface area (Å²) in [7, 11) is -13.1. The maximum atomic E-state index is 14.0. The zero-order valence-electron chi connectivity index (χ0n) is 34.4. The number of phosphoric acid groups is 1. The molecule has 6 rings (SSSR count). The van der Waals surface area contributed by atoms with Crippen LogP contribution in [-0.4, -0.2) is 74.3 Å². The molecule has 3 aromatic rings. The van der Waals surface area contributed by atoms with Crippen LogP contribution in [0.15, 0.2) is 66.1 Å². The number of nitrogens with one attached hydrogen (secondary N) is 1. The minimum absolute atomic E-state index is 0.00257. The van der Waals surface area contributed by atoms with Crippen LogP contribution in [0.5, 0.6) is 0 Å². The fraction of sp³-hybridized carbons (Fsp3) is 0.622. The van der Waals surface area contributed by atoms with Crippen LogP contribution in [0.1, 0.15) is 83.9 Å². The summed E-state index contributed by atoms with van der Waals surface area (Å²) in [5, 5.41) is 2.30. The lowest BCUT2D eigenvalue weighted by Gasteiger charge is -2.44. The van der Waals surface area contributed by atoms with Gasteiger partial charge in [0.2, 0.25) is 0 Å². The summed E-state index contributed by atoms with van der Waals surface area (Å²) in [5.74, 6) is -0.00257. The van der Waals surface area contributed by atoms with Crippen molar-refractivity contribution in [2.24, 2.45) is 0 Å². The van der Waals surface area contributed by atoms with Gasteiger partial charge in [-0.25, -0.2) is 13.9 Å². The Kier molecular flexibility index (Phi) is 13.1. The summed E-state index contributed by atoms with van der Waals surface area (Å²) in [5.41, 5.74) is 0.905. The highest BCUT2D eigenvalue weighted by Crippen LogP contribution is 2.58. The van der Waals surface area contributed by atoms with Gasteiger partial charge in [-0.2, -0.15) is 4.98 Å². The van der Waals surface area contributed by atoms with E-state index in [1.165, 1.54) is 16.8 Å². The highest BCUT2D eigenvalue weighted by atomic mass is 31.2. The van der Waals surface area contributed by atoms with Crippen LogP contribution in [0.4, 0.5) is 5.82 Å². The van der Waals surface area contributed by atoms with Crippen LogP contribution in [-0.2, 0) is 45.3 Å². The first-order valence-corrected chi connectivity index (χ1v) is 28.1. The fourth-order valence-electron chi connectivity index (χ4n) is 6.12. The normalized spacial score (nSPS) is 30.3. The first-order chi connectivity index (χ1) is 26.6. The van der Waals surface area contributed by atoms with Crippen molar-refractivity contribution in [3.8, 4) is 0 Å². The molecule has 57 heavy (non-hydrogen) atoms. The quantitative estimate of drug-likeness (QED) is 0.135. The molecule has 0 spiro atoms. The maximum absolute atomic E-state index is 14.0. The Morgan fingerprint density at radius 1 is 0.789 bits per heavy atom. The van der Waals surface area contributed by atoms with E-state index in [0.29, 0.717) is 12.8 Å². The van der Waals surface area contributed by atoms with Crippen molar-refractivity contribution in [1.29, 1.82) is 0 Å². The van der Waals surface area contributed by atoms with E-state index in [1.807, 2.05) is 0 Å². The molecule has 0 aromatic carbocycles. The second-order valence-corrected chi connectivity index (χ2v) is 30.4. The van der Waals surface area contributed by atoms with Gasteiger partial charge in [-0.05, 0) is 77.7 Å². The topological polar surface area (TPSA) is 181 Å². The van der Waals surface area contributed by atoms with Gasteiger partial charge < -0.3 is 13.6 Å². The average molecular weight is 866 g/mol. The van der Waals surface area contributed by atoms with E-state index in [2.05, 4.69) is 87.8 Å². The van der Waals surface area contributed by atoms with E-state index >= 15 is 0 Å². The van der Waals surface area contributed by atoms with Crippen molar-refractivity contribution in [3.05, 3.63) is 82.9 Å². The zero-order chi connectivity index (χ0) is 41.4. The Morgan fingerprint density at radius 2 is 1.32 bits per heavy atom. The summed E-state index contributed by atoms with van der Waals surface area (Å²) in [6.07, 6.45) is 4.55. The molecule has 3 aromatic heterocycles. The number of pyridine rings is 2. The SMILES string of the molecule is CC(C)(C)[Si](C)(C)O[C@H]1[C@H](O[Si](C)(C)C(C)(C)C)[C@@H](CO[P@@]2(=O)OCC[C@@H](c3ccncc3)O2)O[C@H]1n1ccc(N[P@@]2(=O)OCC[C@@H](c3ccncc3)O2)nc1=O. The van der Waals surface area contributed by atoms with Crippen LogP contribution in [0, 0.1) is 0 Å². The van der Waals surface area contributed by atoms with Crippen molar-refractivity contribution >= 4 is 38.0 Å². The Labute approximate surface area is 337 Å². The van der Waals surface area contributed by atoms with Crippen molar-refractivity contribution in [2.45, 2.75) is 127 Å². The van der Waals surface area contributed by atoms with E-state index in [0.717, 1.165) is 11.1 Å². The third kappa shape index (κ3) is 10.3. The molecule has 20 heteroatoms. The van der Waals surface area contributed by atoms with Gasteiger partial charge in [0.25, 0.3) is 0 Å². The van der Waals surface area contributed by atoms with Crippen molar-refractivity contribution in [3.63, 3.8) is 0 Å². The Hall–Kier alpha value is -2.45. The molecule has 0 aliphatic carbocycles. The third-order valence-corrected chi connectivity index (χ3v) is 23.4. The zero-order valence-corrected chi connectivity index (χ0v) is 38.2. The van der Waals surface area contributed by atoms with Crippen LogP contribution in [0.2, 0.25) is 36.3 Å². The molecule has 0 bridgehead atoms. The Bertz CT molecular complexity index is 2000.